The van der Waals surface area contributed by atoms with E-state index in [1.54, 1.807) is 7.05 Å². The van der Waals surface area contributed by atoms with Crippen molar-refractivity contribution < 1.29 is 4.79 Å². The molecule has 3 nitrogen and oxygen atoms in total. The summed E-state index contributed by atoms with van der Waals surface area (Å²) in [5.74, 6) is -0.122. The van der Waals surface area contributed by atoms with E-state index in [9.17, 15) is 4.79 Å². The summed E-state index contributed by atoms with van der Waals surface area (Å²) in [6.45, 7) is 0. The molecule has 0 bridgehead atoms. The fraction of sp³-hybridized carbons (Fsp3) is 0.300. The van der Waals surface area contributed by atoms with Gasteiger partial charge in [-0.3, -0.25) is 4.79 Å². The van der Waals surface area contributed by atoms with Gasteiger partial charge >= 0.3 is 0 Å². The van der Waals surface area contributed by atoms with Crippen LogP contribution in [0.25, 0.3) is 0 Å². The molecule has 1 unspecified atom stereocenters. The van der Waals surface area contributed by atoms with Crippen molar-refractivity contribution in [1.29, 1.82) is 0 Å². The number of likely N-dealkylation sites (N-methyl/N-ethyl adjacent to an activating group) is 1. The molecule has 0 radical (unpaired) electrons. The summed E-state index contributed by atoms with van der Waals surface area (Å²) in [7, 11) is 1.59. The Labute approximate surface area is 97.2 Å². The van der Waals surface area contributed by atoms with E-state index in [1.165, 1.54) is 3.57 Å². The number of benzene rings is 1. The number of hydrogen-bond acceptors (Lipinski definition) is 2. The highest BCUT2D eigenvalue weighted by molar-refractivity contribution is 14.1. The molecule has 0 aliphatic carbocycles. The zero-order valence-corrected chi connectivity index (χ0v) is 10.1. The molecule has 0 spiro atoms. The normalized spacial score (nSPS) is 12.2. The van der Waals surface area contributed by atoms with Crippen LogP contribution in [0, 0.1) is 3.57 Å². The summed E-state index contributed by atoms with van der Waals surface area (Å²) < 4.78 is 1.18. The molecule has 14 heavy (non-hydrogen) atoms. The molecule has 1 amide bonds. The maximum atomic E-state index is 11.1. The van der Waals surface area contributed by atoms with Crippen LogP contribution in [0.1, 0.15) is 5.56 Å². The fourth-order valence-electron chi connectivity index (χ4n) is 1.15. The van der Waals surface area contributed by atoms with Crippen molar-refractivity contribution in [2.75, 3.05) is 7.05 Å². The van der Waals surface area contributed by atoms with Crippen molar-refractivity contribution in [3.8, 4) is 0 Å². The minimum absolute atomic E-state index is 0.122. The van der Waals surface area contributed by atoms with Crippen molar-refractivity contribution in [2.45, 2.75) is 12.5 Å². The molecule has 0 aliphatic heterocycles. The van der Waals surface area contributed by atoms with Crippen LogP contribution in [0.15, 0.2) is 24.3 Å². The Morgan fingerprint density at radius 2 is 2.07 bits per heavy atom. The van der Waals surface area contributed by atoms with Gasteiger partial charge in [-0.1, -0.05) is 12.1 Å². The van der Waals surface area contributed by atoms with Gasteiger partial charge in [0.1, 0.15) is 0 Å². The molecule has 1 rings (SSSR count). The van der Waals surface area contributed by atoms with Gasteiger partial charge in [-0.2, -0.15) is 0 Å². The Bertz CT molecular complexity index is 310. The summed E-state index contributed by atoms with van der Waals surface area (Å²) in [5.41, 5.74) is 6.77. The first-order valence-corrected chi connectivity index (χ1v) is 5.43. The predicted molar refractivity (Wildman–Crippen MR) is 64.9 cm³/mol. The number of carbonyl (C=O) groups is 1. The average Bonchev–Trinajstić information content (AvgIpc) is 2.20. The molecule has 0 saturated heterocycles. The van der Waals surface area contributed by atoms with Gasteiger partial charge < -0.3 is 11.1 Å². The number of nitrogens with two attached hydrogens (primary N) is 1. The molecule has 0 saturated carbocycles. The molecule has 0 fully saturated rings. The minimum atomic E-state index is -0.458. The number of carbonyl (C=O) groups excluding carboxylic acids is 1. The SMILES string of the molecule is CNC(=O)C(N)Cc1ccc(I)cc1. The Morgan fingerprint density at radius 1 is 1.50 bits per heavy atom. The highest BCUT2D eigenvalue weighted by Crippen LogP contribution is 2.08. The molecule has 76 valence electrons. The van der Waals surface area contributed by atoms with Gasteiger partial charge in [-0.25, -0.2) is 0 Å². The van der Waals surface area contributed by atoms with Crippen LogP contribution in [0.5, 0.6) is 0 Å². The zero-order valence-electron chi connectivity index (χ0n) is 7.96. The van der Waals surface area contributed by atoms with Gasteiger partial charge in [-0.05, 0) is 46.7 Å². The van der Waals surface area contributed by atoms with Gasteiger partial charge in [0.15, 0.2) is 0 Å². The van der Waals surface area contributed by atoms with Crippen LogP contribution in [0.3, 0.4) is 0 Å². The maximum Gasteiger partial charge on any atom is 0.237 e. The lowest BCUT2D eigenvalue weighted by atomic mass is 10.1. The van der Waals surface area contributed by atoms with Crippen LogP contribution in [-0.4, -0.2) is 19.0 Å². The Morgan fingerprint density at radius 3 is 2.57 bits per heavy atom. The van der Waals surface area contributed by atoms with Crippen LogP contribution in [0.4, 0.5) is 0 Å². The second kappa shape index (κ2) is 5.31. The molecular formula is C10H13IN2O. The molecule has 1 atom stereocenters. The van der Waals surface area contributed by atoms with Crippen molar-refractivity contribution >= 4 is 28.5 Å². The van der Waals surface area contributed by atoms with Gasteiger partial charge in [0, 0.05) is 10.6 Å². The third-order valence-electron chi connectivity index (χ3n) is 1.95. The molecule has 0 aromatic heterocycles. The number of halogens is 1. The van der Waals surface area contributed by atoms with E-state index in [-0.39, 0.29) is 5.91 Å². The lowest BCUT2D eigenvalue weighted by Crippen LogP contribution is -2.40. The van der Waals surface area contributed by atoms with E-state index in [1.807, 2.05) is 24.3 Å². The largest absolute Gasteiger partial charge is 0.358 e. The van der Waals surface area contributed by atoms with E-state index < -0.39 is 6.04 Å². The number of hydrogen-bond donors (Lipinski definition) is 2. The van der Waals surface area contributed by atoms with Gasteiger partial charge in [0.2, 0.25) is 5.91 Å². The van der Waals surface area contributed by atoms with Crippen LogP contribution in [-0.2, 0) is 11.2 Å². The van der Waals surface area contributed by atoms with Gasteiger partial charge in [0.25, 0.3) is 0 Å². The van der Waals surface area contributed by atoms with Crippen molar-refractivity contribution in [1.82, 2.24) is 5.32 Å². The molecule has 4 heteroatoms. The Balaban J connectivity index is 2.60. The summed E-state index contributed by atoms with van der Waals surface area (Å²) in [5, 5.41) is 2.53. The highest BCUT2D eigenvalue weighted by Gasteiger charge is 2.11. The van der Waals surface area contributed by atoms with Crippen molar-refractivity contribution in [3.05, 3.63) is 33.4 Å². The molecule has 0 aliphatic rings. The topological polar surface area (TPSA) is 55.1 Å². The van der Waals surface area contributed by atoms with Gasteiger partial charge in [-0.15, -0.1) is 0 Å². The van der Waals surface area contributed by atoms with E-state index >= 15 is 0 Å². The van der Waals surface area contributed by atoms with E-state index in [2.05, 4.69) is 27.9 Å². The Hall–Kier alpha value is -0.620. The quantitative estimate of drug-likeness (QED) is 0.816. The monoisotopic (exact) mass is 304 g/mol. The standard InChI is InChI=1S/C10H13IN2O/c1-13-10(14)9(12)6-7-2-4-8(11)5-3-7/h2-5,9H,6,12H2,1H3,(H,13,14). The first-order chi connectivity index (χ1) is 6.63. The summed E-state index contributed by atoms with van der Waals surface area (Å²) >= 11 is 2.24. The van der Waals surface area contributed by atoms with E-state index in [0.717, 1.165) is 5.56 Å². The third kappa shape index (κ3) is 3.26. The molecule has 1 aromatic carbocycles. The van der Waals surface area contributed by atoms with Crippen molar-refractivity contribution in [2.24, 2.45) is 5.73 Å². The summed E-state index contributed by atoms with van der Waals surface area (Å²) in [4.78, 5) is 11.1. The average molecular weight is 304 g/mol. The highest BCUT2D eigenvalue weighted by atomic mass is 127. The number of nitrogens with one attached hydrogen (secondary N) is 1. The first-order valence-electron chi connectivity index (χ1n) is 4.35. The zero-order chi connectivity index (χ0) is 10.6. The second-order valence-corrected chi connectivity index (χ2v) is 4.30. The maximum absolute atomic E-state index is 11.1. The molecule has 1 aromatic rings. The van der Waals surface area contributed by atoms with Gasteiger partial charge in [0.05, 0.1) is 6.04 Å². The smallest absolute Gasteiger partial charge is 0.237 e. The summed E-state index contributed by atoms with van der Waals surface area (Å²) in [6, 6.07) is 7.54. The van der Waals surface area contributed by atoms with E-state index in [4.69, 9.17) is 5.73 Å². The number of amides is 1. The van der Waals surface area contributed by atoms with E-state index in [0.29, 0.717) is 6.42 Å². The second-order valence-electron chi connectivity index (χ2n) is 3.05. The van der Waals surface area contributed by atoms with Crippen LogP contribution in [0.2, 0.25) is 0 Å². The van der Waals surface area contributed by atoms with Crippen molar-refractivity contribution in [3.63, 3.8) is 0 Å². The van der Waals surface area contributed by atoms with Crippen LogP contribution >= 0.6 is 22.6 Å². The number of rotatable bonds is 3. The lowest BCUT2D eigenvalue weighted by molar-refractivity contribution is -0.121. The summed E-state index contributed by atoms with van der Waals surface area (Å²) in [6.07, 6.45) is 0.580. The first kappa shape index (κ1) is 11.5. The fourth-order valence-corrected chi connectivity index (χ4v) is 1.51. The molecule has 0 heterocycles. The molecule has 3 N–H and O–H groups in total. The minimum Gasteiger partial charge on any atom is -0.358 e. The third-order valence-corrected chi connectivity index (χ3v) is 2.67. The lowest BCUT2D eigenvalue weighted by Gasteiger charge is -2.09. The Kier molecular flexibility index (Phi) is 4.34. The van der Waals surface area contributed by atoms with Crippen LogP contribution < -0.4 is 11.1 Å². The predicted octanol–water partition coefficient (Wildman–Crippen LogP) is 0.907. The molecular weight excluding hydrogens is 291 g/mol.